The highest BCUT2D eigenvalue weighted by Gasteiger charge is 2.40. The van der Waals surface area contributed by atoms with Gasteiger partial charge in [0.15, 0.2) is 0 Å². The Balaban J connectivity index is 1.42. The van der Waals surface area contributed by atoms with E-state index in [2.05, 4.69) is 10.6 Å². The summed E-state index contributed by atoms with van der Waals surface area (Å²) in [5.41, 5.74) is 1.70. The number of imide groups is 1. The van der Waals surface area contributed by atoms with Crippen molar-refractivity contribution in [2.45, 2.75) is 4.90 Å². The third-order valence-electron chi connectivity index (χ3n) is 6.48. The number of rotatable bonds is 10. The van der Waals surface area contributed by atoms with E-state index in [9.17, 15) is 18.8 Å². The summed E-state index contributed by atoms with van der Waals surface area (Å²) in [7, 11) is 4.55. The van der Waals surface area contributed by atoms with Gasteiger partial charge >= 0.3 is 0 Å². The monoisotopic (exact) mass is 599 g/mol. The molecule has 9 nitrogen and oxygen atoms in total. The van der Waals surface area contributed by atoms with Crippen molar-refractivity contribution in [3.8, 4) is 17.2 Å². The molecule has 0 atom stereocenters. The fourth-order valence-electron chi connectivity index (χ4n) is 4.25. The van der Waals surface area contributed by atoms with E-state index in [4.69, 9.17) is 14.2 Å². The summed E-state index contributed by atoms with van der Waals surface area (Å²) < 4.78 is 29.5. The molecule has 3 amide bonds. The topological polar surface area (TPSA) is 106 Å². The first-order valence-corrected chi connectivity index (χ1v) is 13.7. The Morgan fingerprint density at radius 2 is 1.42 bits per heavy atom. The van der Waals surface area contributed by atoms with E-state index in [-0.39, 0.29) is 22.2 Å². The number of carbonyl (C=O) groups is 3. The second kappa shape index (κ2) is 12.7. The Morgan fingerprint density at radius 1 is 0.767 bits per heavy atom. The molecule has 1 heterocycles. The van der Waals surface area contributed by atoms with Gasteiger partial charge in [0, 0.05) is 22.2 Å². The lowest BCUT2D eigenvalue weighted by molar-refractivity contribution is -0.120. The van der Waals surface area contributed by atoms with Crippen LogP contribution >= 0.6 is 11.8 Å². The Labute approximate surface area is 251 Å². The average molecular weight is 600 g/mol. The van der Waals surface area contributed by atoms with Crippen LogP contribution in [-0.4, -0.2) is 39.1 Å². The summed E-state index contributed by atoms with van der Waals surface area (Å²) in [6.07, 6.45) is 0. The molecule has 4 aromatic rings. The molecule has 0 aliphatic carbocycles. The van der Waals surface area contributed by atoms with E-state index in [0.29, 0.717) is 39.1 Å². The van der Waals surface area contributed by atoms with Gasteiger partial charge < -0.3 is 24.8 Å². The molecule has 0 spiro atoms. The van der Waals surface area contributed by atoms with Crippen molar-refractivity contribution in [1.29, 1.82) is 0 Å². The van der Waals surface area contributed by atoms with Crippen molar-refractivity contribution in [1.82, 2.24) is 0 Å². The molecule has 0 radical (unpaired) electrons. The van der Waals surface area contributed by atoms with Crippen LogP contribution in [0.15, 0.2) is 106 Å². The van der Waals surface area contributed by atoms with E-state index in [1.807, 2.05) is 0 Å². The summed E-state index contributed by atoms with van der Waals surface area (Å²) in [5.74, 6) is -0.387. The molecule has 0 unspecified atom stereocenters. The Hall–Kier alpha value is -5.29. The van der Waals surface area contributed by atoms with Gasteiger partial charge in [-0.25, -0.2) is 9.29 Å². The average Bonchev–Trinajstić information content (AvgIpc) is 3.26. The van der Waals surface area contributed by atoms with Crippen LogP contribution in [0.2, 0.25) is 0 Å². The maximum Gasteiger partial charge on any atom is 0.283 e. The van der Waals surface area contributed by atoms with Gasteiger partial charge in [0.25, 0.3) is 17.7 Å². The molecule has 0 saturated heterocycles. The normalized spacial score (nSPS) is 12.8. The number of anilines is 3. The van der Waals surface area contributed by atoms with Crippen molar-refractivity contribution < 1.29 is 33.0 Å². The zero-order valence-electron chi connectivity index (χ0n) is 23.3. The SMILES string of the molecule is COc1ccc(C(=O)Nc2ccc(SC3=C(Nc4ccc(OC)cc4OC)C(=O)N(c4ccc(F)cc4)C3=O)cc2)cc1. The van der Waals surface area contributed by atoms with Gasteiger partial charge in [-0.05, 0) is 84.9 Å². The number of amides is 3. The fourth-order valence-corrected chi connectivity index (χ4v) is 5.17. The molecule has 0 fully saturated rings. The maximum absolute atomic E-state index is 13.7. The van der Waals surface area contributed by atoms with Crippen molar-refractivity contribution in [2.75, 3.05) is 36.9 Å². The van der Waals surface area contributed by atoms with Crippen LogP contribution < -0.4 is 29.7 Å². The number of methoxy groups -OCH3 is 3. The Morgan fingerprint density at radius 3 is 2.05 bits per heavy atom. The minimum absolute atomic E-state index is 0.0275. The Bertz CT molecular complexity index is 1710. The minimum Gasteiger partial charge on any atom is -0.497 e. The van der Waals surface area contributed by atoms with Crippen LogP contribution in [0.3, 0.4) is 0 Å². The van der Waals surface area contributed by atoms with Gasteiger partial charge in [0.2, 0.25) is 0 Å². The smallest absolute Gasteiger partial charge is 0.283 e. The van der Waals surface area contributed by atoms with E-state index in [1.54, 1.807) is 73.8 Å². The van der Waals surface area contributed by atoms with Crippen molar-refractivity contribution in [2.24, 2.45) is 0 Å². The Kier molecular flexibility index (Phi) is 8.63. The molecule has 2 N–H and O–H groups in total. The van der Waals surface area contributed by atoms with Crippen molar-refractivity contribution in [3.63, 3.8) is 0 Å². The summed E-state index contributed by atoms with van der Waals surface area (Å²) >= 11 is 1.08. The largest absolute Gasteiger partial charge is 0.497 e. The van der Waals surface area contributed by atoms with Gasteiger partial charge in [-0.3, -0.25) is 14.4 Å². The lowest BCUT2D eigenvalue weighted by Gasteiger charge is -2.16. The number of carbonyl (C=O) groups excluding carboxylic acids is 3. The van der Waals surface area contributed by atoms with Gasteiger partial charge in [-0.15, -0.1) is 0 Å². The summed E-state index contributed by atoms with van der Waals surface area (Å²) in [5, 5.41) is 5.89. The number of halogens is 1. The summed E-state index contributed by atoms with van der Waals surface area (Å²) in [6.45, 7) is 0. The quantitative estimate of drug-likeness (QED) is 0.211. The molecule has 43 heavy (non-hydrogen) atoms. The zero-order chi connectivity index (χ0) is 30.5. The van der Waals surface area contributed by atoms with Crippen LogP contribution in [0.1, 0.15) is 10.4 Å². The highest BCUT2D eigenvalue weighted by Crippen LogP contribution is 2.40. The maximum atomic E-state index is 13.7. The van der Waals surface area contributed by atoms with Crippen LogP contribution in [0.5, 0.6) is 17.2 Å². The predicted octanol–water partition coefficient (Wildman–Crippen LogP) is 6.09. The van der Waals surface area contributed by atoms with E-state index < -0.39 is 17.6 Å². The van der Waals surface area contributed by atoms with Crippen LogP contribution in [0, 0.1) is 5.82 Å². The molecule has 11 heteroatoms. The number of nitrogens with one attached hydrogen (secondary N) is 2. The molecular weight excluding hydrogens is 573 g/mol. The van der Waals surface area contributed by atoms with Gasteiger partial charge in [-0.1, -0.05) is 11.8 Å². The summed E-state index contributed by atoms with van der Waals surface area (Å²) in [4.78, 5) is 41.7. The first-order valence-electron chi connectivity index (χ1n) is 12.9. The van der Waals surface area contributed by atoms with Crippen LogP contribution in [0.25, 0.3) is 0 Å². The van der Waals surface area contributed by atoms with Crippen LogP contribution in [-0.2, 0) is 9.59 Å². The number of thioether (sulfide) groups is 1. The second-order valence-electron chi connectivity index (χ2n) is 9.13. The molecule has 5 rings (SSSR count). The second-order valence-corrected chi connectivity index (χ2v) is 10.2. The number of hydrogen-bond donors (Lipinski definition) is 2. The first kappa shape index (κ1) is 29.2. The number of benzene rings is 4. The standard InChI is InChI=1S/C32H26FN3O6S/c1-40-23-12-4-19(5-13-23)30(37)34-21-8-15-25(16-9-21)43-29-28(35-26-17-14-24(41-2)18-27(26)42-3)31(38)36(32(29)39)22-10-6-20(33)7-11-22/h4-18,35H,1-3H3,(H,34,37). The zero-order valence-corrected chi connectivity index (χ0v) is 24.2. The lowest BCUT2D eigenvalue weighted by Crippen LogP contribution is -2.32. The highest BCUT2D eigenvalue weighted by molar-refractivity contribution is 8.04. The molecule has 1 aliphatic heterocycles. The third kappa shape index (κ3) is 6.31. The number of hydrogen-bond acceptors (Lipinski definition) is 8. The fraction of sp³-hybridized carbons (Fsp3) is 0.0938. The molecule has 0 saturated carbocycles. The van der Waals surface area contributed by atoms with Crippen molar-refractivity contribution >= 4 is 46.5 Å². The van der Waals surface area contributed by atoms with Gasteiger partial charge in [-0.2, -0.15) is 0 Å². The number of ether oxygens (including phenoxy) is 3. The molecule has 1 aliphatic rings. The van der Waals surface area contributed by atoms with Crippen molar-refractivity contribution in [3.05, 3.63) is 113 Å². The minimum atomic E-state index is -0.611. The molecule has 218 valence electrons. The van der Waals surface area contributed by atoms with Gasteiger partial charge in [0.05, 0.1) is 32.7 Å². The first-order chi connectivity index (χ1) is 20.8. The van der Waals surface area contributed by atoms with E-state index in [0.717, 1.165) is 16.7 Å². The molecule has 4 aromatic carbocycles. The predicted molar refractivity (Wildman–Crippen MR) is 162 cm³/mol. The lowest BCUT2D eigenvalue weighted by atomic mass is 10.2. The third-order valence-corrected chi connectivity index (χ3v) is 7.57. The molecular formula is C32H26FN3O6S. The highest BCUT2D eigenvalue weighted by atomic mass is 32.2. The summed E-state index contributed by atoms with van der Waals surface area (Å²) in [6, 6.07) is 23.7. The molecule has 0 aromatic heterocycles. The van der Waals surface area contributed by atoms with E-state index in [1.165, 1.54) is 38.5 Å². The van der Waals surface area contributed by atoms with E-state index >= 15 is 0 Å². The molecule has 0 bridgehead atoms. The number of nitrogens with zero attached hydrogens (tertiary/aromatic N) is 1. The van der Waals surface area contributed by atoms with Gasteiger partial charge in [0.1, 0.15) is 33.7 Å². The van der Waals surface area contributed by atoms with Crippen LogP contribution in [0.4, 0.5) is 21.5 Å².